The zero-order chi connectivity index (χ0) is 64.4. The van der Waals surface area contributed by atoms with Gasteiger partial charge in [0.2, 0.25) is 5.91 Å². The van der Waals surface area contributed by atoms with Gasteiger partial charge in [0.1, 0.15) is 24.4 Å². The first-order valence-corrected chi connectivity index (χ1v) is 37.7. The molecule has 0 aromatic carbocycles. The van der Waals surface area contributed by atoms with Crippen LogP contribution >= 0.6 is 0 Å². The van der Waals surface area contributed by atoms with Crippen molar-refractivity contribution in [1.29, 1.82) is 0 Å². The van der Waals surface area contributed by atoms with Crippen LogP contribution in [-0.4, -0.2) is 100 Å². The summed E-state index contributed by atoms with van der Waals surface area (Å²) in [5.41, 5.74) is 0. The number of amides is 1. The van der Waals surface area contributed by atoms with Gasteiger partial charge in [-0.1, -0.05) is 299 Å². The highest BCUT2D eigenvalue weighted by Gasteiger charge is 2.44. The van der Waals surface area contributed by atoms with Crippen LogP contribution in [0.4, 0.5) is 0 Å². The van der Waals surface area contributed by atoms with Crippen LogP contribution in [-0.2, 0) is 23.8 Å². The summed E-state index contributed by atoms with van der Waals surface area (Å²) in [5.74, 6) is -0.193. The molecule has 0 aliphatic carbocycles. The molecule has 0 saturated carbocycles. The Balaban J connectivity index is 1.94. The number of carbonyl (C=O) groups is 2. The maximum atomic E-state index is 13.1. The molecule has 0 radical (unpaired) electrons. The first kappa shape index (κ1) is 84.1. The SMILES string of the molecule is CCCC/C=C\CCCCCCCC(=O)OCCCCCCCCCCCCCCC/C=C\C/C=C\CCCCCCCCCCCCCCCCCCCC(=O)NC(COC1OC(CO)C(O)C(O)C1O)C(O)/C=C/CC/C=C/CC/C=C/CCCCC. The van der Waals surface area contributed by atoms with Crippen molar-refractivity contribution in [2.45, 2.75) is 391 Å². The third-order valence-corrected chi connectivity index (χ3v) is 17.5. The molecular weight excluding hydrogens is 1110 g/mol. The highest BCUT2D eigenvalue weighted by molar-refractivity contribution is 5.76. The Bertz CT molecular complexity index is 1710. The first-order valence-electron chi connectivity index (χ1n) is 37.7. The Morgan fingerprint density at radius 3 is 1.21 bits per heavy atom. The zero-order valence-corrected chi connectivity index (χ0v) is 57.6. The van der Waals surface area contributed by atoms with Gasteiger partial charge in [-0.05, 0) is 109 Å². The minimum atomic E-state index is -1.58. The van der Waals surface area contributed by atoms with Gasteiger partial charge in [0, 0.05) is 12.8 Å². The number of rotatable bonds is 66. The fourth-order valence-corrected chi connectivity index (χ4v) is 11.5. The fourth-order valence-electron chi connectivity index (χ4n) is 11.5. The van der Waals surface area contributed by atoms with Gasteiger partial charge in [0.15, 0.2) is 6.29 Å². The molecule has 1 aliphatic heterocycles. The summed E-state index contributed by atoms with van der Waals surface area (Å²) in [6.45, 7) is 4.28. The molecule has 518 valence electrons. The molecular formula is C78H141NO10. The topological polar surface area (TPSA) is 175 Å². The van der Waals surface area contributed by atoms with E-state index in [0.717, 1.165) is 77.0 Å². The highest BCUT2D eigenvalue weighted by atomic mass is 16.7. The Labute approximate surface area is 547 Å². The molecule has 7 atom stereocenters. The Kier molecular flexibility index (Phi) is 62.9. The molecule has 0 aromatic heterocycles. The van der Waals surface area contributed by atoms with Gasteiger partial charge in [-0.15, -0.1) is 0 Å². The van der Waals surface area contributed by atoms with Gasteiger partial charge in [-0.2, -0.15) is 0 Å². The highest BCUT2D eigenvalue weighted by Crippen LogP contribution is 2.23. The predicted octanol–water partition coefficient (Wildman–Crippen LogP) is 19.9. The van der Waals surface area contributed by atoms with Crippen molar-refractivity contribution in [3.63, 3.8) is 0 Å². The van der Waals surface area contributed by atoms with Gasteiger partial charge in [-0.25, -0.2) is 0 Å². The Morgan fingerprint density at radius 1 is 0.416 bits per heavy atom. The van der Waals surface area contributed by atoms with E-state index in [0.29, 0.717) is 19.4 Å². The standard InChI is InChI=1S/C78H141NO10/c1-3-5-7-9-11-13-15-41-45-48-52-56-60-64-71(81)70(69-88-78-77(86)76(85)75(84)72(68-80)89-78)79-73(82)65-61-57-53-49-46-42-39-37-35-33-31-29-27-25-23-21-19-17-16-18-20-22-24-26-28-30-32-34-36-38-40-43-47-51-55-59-63-67-87-74(83)66-62-58-54-50-44-14-12-10-8-6-4-2/h10-13,16,18,22,24,45,48,60,64,70-72,75-78,80-81,84-86H,3-9,14-15,17,19-21,23,25-44,46-47,49-59,61-63,65-69H2,1-2H3,(H,79,82)/b12-10-,13-11+,18-16-,24-22-,48-45+,64-60+. The molecule has 7 unspecified atom stereocenters. The van der Waals surface area contributed by atoms with E-state index < -0.39 is 49.5 Å². The van der Waals surface area contributed by atoms with Crippen LogP contribution in [0.3, 0.4) is 0 Å². The number of nitrogens with one attached hydrogen (secondary N) is 1. The number of aliphatic hydroxyl groups excluding tert-OH is 5. The summed E-state index contributed by atoms with van der Waals surface area (Å²) in [6.07, 6.45) is 80.6. The van der Waals surface area contributed by atoms with Crippen molar-refractivity contribution in [3.8, 4) is 0 Å². The number of esters is 1. The van der Waals surface area contributed by atoms with Gasteiger partial charge < -0.3 is 45.1 Å². The third-order valence-electron chi connectivity index (χ3n) is 17.5. The first-order chi connectivity index (χ1) is 43.7. The summed E-state index contributed by atoms with van der Waals surface area (Å²) in [7, 11) is 0. The van der Waals surface area contributed by atoms with Crippen molar-refractivity contribution in [1.82, 2.24) is 5.32 Å². The molecule has 1 amide bonds. The van der Waals surface area contributed by atoms with Crippen molar-refractivity contribution >= 4 is 11.9 Å². The quantitative estimate of drug-likeness (QED) is 0.0195. The maximum absolute atomic E-state index is 13.1. The van der Waals surface area contributed by atoms with E-state index in [-0.39, 0.29) is 18.5 Å². The van der Waals surface area contributed by atoms with Crippen LogP contribution in [0.1, 0.15) is 348 Å². The van der Waals surface area contributed by atoms with Crippen LogP contribution < -0.4 is 5.32 Å². The van der Waals surface area contributed by atoms with Gasteiger partial charge in [0.05, 0.1) is 32.0 Å². The van der Waals surface area contributed by atoms with Gasteiger partial charge in [0.25, 0.3) is 0 Å². The Hall–Kier alpha value is -2.90. The molecule has 0 spiro atoms. The summed E-state index contributed by atoms with van der Waals surface area (Å²) in [6, 6.07) is -0.834. The summed E-state index contributed by atoms with van der Waals surface area (Å²) in [4.78, 5) is 25.1. The summed E-state index contributed by atoms with van der Waals surface area (Å²) in [5, 5.41) is 54.5. The summed E-state index contributed by atoms with van der Waals surface area (Å²) < 4.78 is 16.7. The van der Waals surface area contributed by atoms with Crippen LogP contribution in [0.5, 0.6) is 0 Å². The molecule has 1 saturated heterocycles. The minimum absolute atomic E-state index is 0.000841. The number of allylic oxidation sites excluding steroid dienone is 11. The number of aliphatic hydroxyl groups is 5. The molecule has 6 N–H and O–H groups in total. The fraction of sp³-hybridized carbons (Fsp3) is 0.821. The smallest absolute Gasteiger partial charge is 0.305 e. The lowest BCUT2D eigenvalue weighted by Crippen LogP contribution is -2.60. The second kappa shape index (κ2) is 66.6. The van der Waals surface area contributed by atoms with Crippen LogP contribution in [0.15, 0.2) is 72.9 Å². The van der Waals surface area contributed by atoms with E-state index in [2.05, 4.69) is 79.9 Å². The largest absolute Gasteiger partial charge is 0.466 e. The van der Waals surface area contributed by atoms with E-state index >= 15 is 0 Å². The monoisotopic (exact) mass is 1250 g/mol. The molecule has 1 rings (SSSR count). The van der Waals surface area contributed by atoms with E-state index in [1.165, 1.54) is 244 Å². The average molecular weight is 1250 g/mol. The number of ether oxygens (including phenoxy) is 3. The molecule has 89 heavy (non-hydrogen) atoms. The molecule has 11 heteroatoms. The number of hydrogen-bond donors (Lipinski definition) is 6. The predicted molar refractivity (Wildman–Crippen MR) is 375 cm³/mol. The lowest BCUT2D eigenvalue weighted by Gasteiger charge is -2.40. The van der Waals surface area contributed by atoms with E-state index in [4.69, 9.17) is 14.2 Å². The second-order valence-corrected chi connectivity index (χ2v) is 26.0. The van der Waals surface area contributed by atoms with Crippen LogP contribution in [0, 0.1) is 0 Å². The minimum Gasteiger partial charge on any atom is -0.466 e. The third kappa shape index (κ3) is 55.3. The zero-order valence-electron chi connectivity index (χ0n) is 57.6. The molecule has 1 heterocycles. The normalized spacial score (nSPS) is 18.1. The lowest BCUT2D eigenvalue weighted by atomic mass is 9.99. The van der Waals surface area contributed by atoms with Crippen molar-refractivity contribution in [2.75, 3.05) is 19.8 Å². The molecule has 1 aliphatic rings. The van der Waals surface area contributed by atoms with Crippen LogP contribution in [0.25, 0.3) is 0 Å². The van der Waals surface area contributed by atoms with E-state index in [1.54, 1.807) is 6.08 Å². The van der Waals surface area contributed by atoms with Crippen molar-refractivity contribution < 1.29 is 49.3 Å². The lowest BCUT2D eigenvalue weighted by molar-refractivity contribution is -0.302. The molecule has 0 bridgehead atoms. The van der Waals surface area contributed by atoms with Gasteiger partial charge in [-0.3, -0.25) is 9.59 Å². The number of hydrogen-bond acceptors (Lipinski definition) is 10. The average Bonchev–Trinajstić information content (AvgIpc) is 2.10. The van der Waals surface area contributed by atoms with Gasteiger partial charge >= 0.3 is 5.97 Å². The molecule has 11 nitrogen and oxygen atoms in total. The van der Waals surface area contributed by atoms with E-state index in [9.17, 15) is 35.1 Å². The van der Waals surface area contributed by atoms with Crippen LogP contribution in [0.2, 0.25) is 0 Å². The number of unbranched alkanes of at least 4 members (excludes halogenated alkanes) is 42. The Morgan fingerprint density at radius 2 is 0.775 bits per heavy atom. The van der Waals surface area contributed by atoms with E-state index in [1.807, 2.05) is 6.08 Å². The molecule has 1 fully saturated rings. The maximum Gasteiger partial charge on any atom is 0.305 e. The van der Waals surface area contributed by atoms with Crippen molar-refractivity contribution in [3.05, 3.63) is 72.9 Å². The second-order valence-electron chi connectivity index (χ2n) is 26.0. The number of carbonyl (C=O) groups excluding carboxylic acids is 2. The molecule has 0 aromatic rings. The van der Waals surface area contributed by atoms with Crippen molar-refractivity contribution in [2.24, 2.45) is 0 Å². The summed E-state index contributed by atoms with van der Waals surface area (Å²) >= 11 is 0.